The fraction of sp³-hybridized carbons (Fsp3) is 0.222. The Labute approximate surface area is 140 Å². The molecule has 23 heavy (non-hydrogen) atoms. The van der Waals surface area contributed by atoms with Crippen LogP contribution in [0.4, 0.5) is 34.6 Å². The lowest BCUT2D eigenvalue weighted by Crippen LogP contribution is -2.27. The largest absolute Gasteiger partial charge is 0.416 e. The van der Waals surface area contributed by atoms with Crippen molar-refractivity contribution in [1.29, 1.82) is 5.41 Å². The van der Waals surface area contributed by atoms with Crippen molar-refractivity contribution in [3.63, 3.8) is 0 Å². The molecule has 0 radical (unpaired) electrons. The van der Waals surface area contributed by atoms with Gasteiger partial charge in [0, 0.05) is 12.1 Å². The number of nitro benzene ring substituents is 2. The molecule has 0 heterocycles. The molecule has 0 atom stereocenters. The van der Waals surface area contributed by atoms with Gasteiger partial charge < -0.3 is 5.32 Å². The zero-order valence-corrected chi connectivity index (χ0v) is 13.6. The lowest BCUT2D eigenvalue weighted by atomic mass is 10.1. The maximum atomic E-state index is 13.4. The number of benzene rings is 1. The predicted octanol–water partition coefficient (Wildman–Crippen LogP) is 4.32. The van der Waals surface area contributed by atoms with Crippen molar-refractivity contribution in [2.24, 2.45) is 0 Å². The van der Waals surface area contributed by atoms with Crippen molar-refractivity contribution in [3.05, 3.63) is 37.9 Å². The summed E-state index contributed by atoms with van der Waals surface area (Å²) in [4.78, 5) is 19.2. The zero-order valence-electron chi connectivity index (χ0n) is 10.4. The van der Waals surface area contributed by atoms with Crippen LogP contribution in [0.3, 0.4) is 0 Å². The topological polar surface area (TPSA) is 122 Å². The van der Waals surface area contributed by atoms with Gasteiger partial charge in [0.15, 0.2) is 11.5 Å². The molecule has 0 spiro atoms. The van der Waals surface area contributed by atoms with Gasteiger partial charge >= 0.3 is 6.18 Å². The highest BCUT2D eigenvalue weighted by atomic mass is 79.9. The third-order valence-electron chi connectivity index (χ3n) is 2.35. The normalized spacial score (nSPS) is 11.9. The summed E-state index contributed by atoms with van der Waals surface area (Å²) in [5.74, 6) is -1.15. The van der Waals surface area contributed by atoms with Crippen molar-refractivity contribution in [1.82, 2.24) is 0 Å². The van der Waals surface area contributed by atoms with Crippen molar-refractivity contribution < 1.29 is 27.4 Å². The van der Waals surface area contributed by atoms with E-state index in [4.69, 9.17) is 5.41 Å². The van der Waals surface area contributed by atoms with E-state index in [2.05, 4.69) is 31.9 Å². The molecule has 1 rings (SSSR count). The van der Waals surface area contributed by atoms with E-state index in [9.17, 15) is 37.8 Å². The van der Waals surface area contributed by atoms with Gasteiger partial charge in [0.25, 0.3) is 14.9 Å². The molecule has 0 bridgehead atoms. The Balaban J connectivity index is 3.63. The number of alkyl halides is 6. The van der Waals surface area contributed by atoms with E-state index in [1.807, 2.05) is 0 Å². The highest BCUT2D eigenvalue weighted by Gasteiger charge is 2.39. The molecule has 0 aliphatic heterocycles. The molecule has 0 saturated heterocycles. The first kappa shape index (κ1) is 19.2. The van der Waals surface area contributed by atoms with Crippen molar-refractivity contribution in [2.75, 3.05) is 5.32 Å². The fourth-order valence-electron chi connectivity index (χ4n) is 1.39. The fourth-order valence-corrected chi connectivity index (χ4v) is 1.59. The van der Waals surface area contributed by atoms with Crippen molar-refractivity contribution in [3.8, 4) is 0 Å². The highest BCUT2D eigenvalue weighted by molar-refractivity contribution is 9.25. The first-order valence-corrected chi connectivity index (χ1v) is 6.80. The van der Waals surface area contributed by atoms with E-state index in [1.165, 1.54) is 0 Å². The maximum absolute atomic E-state index is 13.4. The third kappa shape index (κ3) is 4.57. The number of hydrogen-bond acceptors (Lipinski definition) is 5. The minimum absolute atomic E-state index is 0.0466. The van der Waals surface area contributed by atoms with Gasteiger partial charge in [-0.2, -0.15) is 13.2 Å². The van der Waals surface area contributed by atoms with Crippen LogP contribution in [0, 0.1) is 25.6 Å². The number of nitrogens with zero attached hydrogens (tertiary/aromatic N) is 2. The number of halogens is 6. The van der Waals surface area contributed by atoms with Crippen LogP contribution in [-0.2, 0) is 6.18 Å². The van der Waals surface area contributed by atoms with Crippen LogP contribution < -0.4 is 5.32 Å². The van der Waals surface area contributed by atoms with E-state index in [0.29, 0.717) is 0 Å². The van der Waals surface area contributed by atoms with Crippen LogP contribution in [0.5, 0.6) is 0 Å². The predicted molar refractivity (Wildman–Crippen MR) is 77.8 cm³/mol. The summed E-state index contributed by atoms with van der Waals surface area (Å²) in [5.41, 5.74) is -5.35. The minimum Gasteiger partial charge on any atom is -0.329 e. The molecule has 0 aromatic heterocycles. The first-order chi connectivity index (χ1) is 10.2. The molecule has 0 aliphatic rings. The molecule has 0 saturated carbocycles. The zero-order chi connectivity index (χ0) is 18.2. The Morgan fingerprint density at radius 3 is 1.74 bits per heavy atom. The number of nitro groups is 2. The molecule has 14 heteroatoms. The van der Waals surface area contributed by atoms with Gasteiger partial charge in [-0.25, -0.2) is 4.39 Å². The van der Waals surface area contributed by atoms with Gasteiger partial charge in [0.2, 0.25) is 0 Å². The third-order valence-corrected chi connectivity index (χ3v) is 3.14. The van der Waals surface area contributed by atoms with Crippen molar-refractivity contribution in [2.45, 2.75) is 9.66 Å². The summed E-state index contributed by atoms with van der Waals surface area (Å²) in [6.45, 7) is 0. The van der Waals surface area contributed by atoms with Crippen molar-refractivity contribution >= 4 is 54.8 Å². The Hall–Kier alpha value is -1.83. The average Bonchev–Trinajstić information content (AvgIpc) is 2.35. The molecular formula is C9H4Br2F4N4O4. The molecule has 0 unspecified atom stereocenters. The molecule has 1 aromatic rings. The highest BCUT2D eigenvalue weighted by Crippen LogP contribution is 2.42. The summed E-state index contributed by atoms with van der Waals surface area (Å²) < 4.78 is 48.7. The number of rotatable bonds is 4. The van der Waals surface area contributed by atoms with Crippen LogP contribution in [0.15, 0.2) is 12.1 Å². The Kier molecular flexibility index (Phi) is 5.30. The van der Waals surface area contributed by atoms with Gasteiger partial charge in [0.1, 0.15) is 0 Å². The summed E-state index contributed by atoms with van der Waals surface area (Å²) in [6.07, 6.45) is -5.07. The first-order valence-electron chi connectivity index (χ1n) is 5.22. The number of amidine groups is 1. The lowest BCUT2D eigenvalue weighted by molar-refractivity contribution is -0.392. The van der Waals surface area contributed by atoms with Gasteiger partial charge in [0.05, 0.1) is 15.4 Å². The standard InChI is InChI=1S/C9H4Br2F4N4O4/c10-8(11,12)7(16)17-6-4(18(20)21)1-3(9(13,14)15)2-5(6)19(22)23/h1-2H,(H2,16,17). The number of nitrogens with one attached hydrogen (secondary N) is 2. The maximum Gasteiger partial charge on any atom is 0.416 e. The van der Waals surface area contributed by atoms with Crippen LogP contribution in [0.25, 0.3) is 0 Å². The van der Waals surface area contributed by atoms with E-state index in [0.717, 1.165) is 0 Å². The Bertz CT molecular complexity index is 654. The van der Waals surface area contributed by atoms with Crippen LogP contribution in [0.1, 0.15) is 5.56 Å². The number of anilines is 1. The Morgan fingerprint density at radius 2 is 1.48 bits per heavy atom. The van der Waals surface area contributed by atoms with Gasteiger partial charge in [-0.3, -0.25) is 25.6 Å². The average molecular weight is 468 g/mol. The van der Waals surface area contributed by atoms with Crippen LogP contribution in [-0.4, -0.2) is 19.2 Å². The van der Waals surface area contributed by atoms with E-state index < -0.39 is 48.0 Å². The smallest absolute Gasteiger partial charge is 0.329 e. The lowest BCUT2D eigenvalue weighted by Gasteiger charge is -2.15. The monoisotopic (exact) mass is 466 g/mol. The summed E-state index contributed by atoms with van der Waals surface area (Å²) >= 11 is 4.63. The molecule has 126 valence electrons. The molecular weight excluding hydrogens is 464 g/mol. The van der Waals surface area contributed by atoms with Gasteiger partial charge in [-0.1, -0.05) is 0 Å². The molecule has 0 amide bonds. The second kappa shape index (κ2) is 6.35. The second-order valence-corrected chi connectivity index (χ2v) is 7.15. The van der Waals surface area contributed by atoms with Gasteiger partial charge in [-0.15, -0.1) is 0 Å². The molecule has 0 fully saturated rings. The minimum atomic E-state index is -5.07. The van der Waals surface area contributed by atoms with Crippen LogP contribution in [0.2, 0.25) is 0 Å². The molecule has 1 aromatic carbocycles. The summed E-state index contributed by atoms with van der Waals surface area (Å²) in [6, 6.07) is 0.0932. The number of hydrogen-bond donors (Lipinski definition) is 2. The Morgan fingerprint density at radius 1 is 1.09 bits per heavy atom. The van der Waals surface area contributed by atoms with Crippen LogP contribution >= 0.6 is 31.9 Å². The molecule has 8 nitrogen and oxygen atoms in total. The molecule has 2 N–H and O–H groups in total. The van der Waals surface area contributed by atoms with Gasteiger partial charge in [-0.05, 0) is 31.9 Å². The van der Waals surface area contributed by atoms with E-state index in [-0.39, 0.29) is 12.1 Å². The van der Waals surface area contributed by atoms with E-state index in [1.54, 1.807) is 5.32 Å². The SMILES string of the molecule is N=C(Nc1c([N+](=O)[O-])cc(C(F)(F)F)cc1[N+](=O)[O-])C(F)(Br)Br. The molecule has 0 aliphatic carbocycles. The second-order valence-electron chi connectivity index (χ2n) is 3.90. The quantitative estimate of drug-likeness (QED) is 0.170. The van der Waals surface area contributed by atoms with E-state index >= 15 is 0 Å². The summed E-state index contributed by atoms with van der Waals surface area (Å²) in [5, 5.41) is 30.8. The summed E-state index contributed by atoms with van der Waals surface area (Å²) in [7, 11) is 0.